The molecule has 0 fully saturated rings. The second-order valence-corrected chi connectivity index (χ2v) is 5.78. The molecule has 0 aliphatic rings. The molecule has 154 valence electrons. The smallest absolute Gasteiger partial charge is 0.308 e. The summed E-state index contributed by atoms with van der Waals surface area (Å²) in [6, 6.07) is 7.12. The van der Waals surface area contributed by atoms with Crippen LogP contribution >= 0.6 is 0 Å². The Morgan fingerprint density at radius 3 is 2.34 bits per heavy atom. The number of rotatable bonds is 9. The average Bonchev–Trinajstić information content (AvgIpc) is 2.71. The zero-order valence-corrected chi connectivity index (χ0v) is 15.8. The predicted molar refractivity (Wildman–Crippen MR) is 98.1 cm³/mol. The molecule has 0 aliphatic carbocycles. The van der Waals surface area contributed by atoms with Crippen LogP contribution in [0.5, 0.6) is 11.5 Å². The van der Waals surface area contributed by atoms with Crippen LogP contribution in [0.4, 0.5) is 8.78 Å². The third kappa shape index (κ3) is 6.00. The van der Waals surface area contributed by atoms with Gasteiger partial charge in [0.25, 0.3) is 5.91 Å². The molecule has 0 saturated heterocycles. The second kappa shape index (κ2) is 10.2. The molecular weight excluding hydrogens is 388 g/mol. The van der Waals surface area contributed by atoms with Crippen LogP contribution in [0, 0.1) is 11.6 Å². The molecule has 0 unspecified atom stereocenters. The molecule has 0 atom stereocenters. The number of hydrogen-bond donors (Lipinski definition) is 1. The van der Waals surface area contributed by atoms with Crippen LogP contribution in [0.1, 0.15) is 27.1 Å². The van der Waals surface area contributed by atoms with E-state index in [-0.39, 0.29) is 29.8 Å². The summed E-state index contributed by atoms with van der Waals surface area (Å²) in [6.45, 7) is -0.656. The number of ketones is 1. The number of Topliss-reactive ketones (excluding diaryl/α,β-unsaturated/α-hetero) is 1. The number of carbonyl (C=O) groups excluding carboxylic acids is 3. The highest BCUT2D eigenvalue weighted by Gasteiger charge is 2.16. The van der Waals surface area contributed by atoms with E-state index in [0.29, 0.717) is 11.8 Å². The molecule has 0 heterocycles. The Bertz CT molecular complexity index is 916. The van der Waals surface area contributed by atoms with Crippen molar-refractivity contribution in [3.05, 3.63) is 59.2 Å². The van der Waals surface area contributed by atoms with E-state index >= 15 is 0 Å². The van der Waals surface area contributed by atoms with Gasteiger partial charge < -0.3 is 19.5 Å². The van der Waals surface area contributed by atoms with Crippen molar-refractivity contribution in [3.8, 4) is 11.5 Å². The minimum Gasteiger partial charge on any atom is -0.497 e. The number of nitrogens with one attached hydrogen (secondary N) is 1. The maximum absolute atomic E-state index is 13.5. The SMILES string of the molecule is COc1ccc(C(=O)COC(=O)CCNC(=O)c2ccc(F)cc2F)c(OC)c1. The summed E-state index contributed by atoms with van der Waals surface area (Å²) < 4.78 is 41.4. The highest BCUT2D eigenvalue weighted by molar-refractivity contribution is 6.00. The van der Waals surface area contributed by atoms with Gasteiger partial charge in [0, 0.05) is 18.7 Å². The average molecular weight is 407 g/mol. The van der Waals surface area contributed by atoms with Crippen molar-refractivity contribution >= 4 is 17.7 Å². The molecule has 2 aromatic rings. The summed E-state index contributed by atoms with van der Waals surface area (Å²) in [5.41, 5.74) is -0.122. The van der Waals surface area contributed by atoms with Gasteiger partial charge in [-0.25, -0.2) is 8.78 Å². The van der Waals surface area contributed by atoms with E-state index < -0.39 is 35.9 Å². The lowest BCUT2D eigenvalue weighted by Gasteiger charge is -2.10. The van der Waals surface area contributed by atoms with Crippen molar-refractivity contribution in [1.29, 1.82) is 0 Å². The largest absolute Gasteiger partial charge is 0.497 e. The molecule has 9 heteroatoms. The highest BCUT2D eigenvalue weighted by Crippen LogP contribution is 2.25. The zero-order chi connectivity index (χ0) is 21.4. The first-order valence-electron chi connectivity index (χ1n) is 8.49. The Kier molecular flexibility index (Phi) is 7.64. The Hall–Kier alpha value is -3.49. The van der Waals surface area contributed by atoms with Crippen LogP contribution in [0.15, 0.2) is 36.4 Å². The number of ether oxygens (including phenoxy) is 3. The van der Waals surface area contributed by atoms with Gasteiger partial charge in [-0.2, -0.15) is 0 Å². The van der Waals surface area contributed by atoms with Gasteiger partial charge in [0.15, 0.2) is 6.61 Å². The molecule has 0 radical (unpaired) electrons. The van der Waals surface area contributed by atoms with Crippen LogP contribution in [-0.2, 0) is 9.53 Å². The standard InChI is InChI=1S/C20H19F2NO6/c1-27-13-4-6-15(18(10-13)28-2)17(24)11-29-19(25)7-8-23-20(26)14-5-3-12(21)9-16(14)22/h3-6,9-10H,7-8,11H2,1-2H3,(H,23,26). The van der Waals surface area contributed by atoms with Crippen molar-refractivity contribution in [2.24, 2.45) is 0 Å². The molecule has 0 aliphatic heterocycles. The highest BCUT2D eigenvalue weighted by atomic mass is 19.1. The summed E-state index contributed by atoms with van der Waals surface area (Å²) in [6.07, 6.45) is -0.235. The molecule has 2 rings (SSSR count). The third-order valence-corrected chi connectivity index (χ3v) is 3.86. The van der Waals surface area contributed by atoms with Crippen molar-refractivity contribution in [1.82, 2.24) is 5.32 Å². The normalized spacial score (nSPS) is 10.2. The maximum atomic E-state index is 13.5. The van der Waals surface area contributed by atoms with Gasteiger partial charge in [-0.3, -0.25) is 14.4 Å². The van der Waals surface area contributed by atoms with E-state index in [1.807, 2.05) is 0 Å². The Balaban J connectivity index is 1.81. The quantitative estimate of drug-likeness (QED) is 0.508. The molecular formula is C20H19F2NO6. The monoisotopic (exact) mass is 407 g/mol. The Labute approximate surface area is 165 Å². The lowest BCUT2D eigenvalue weighted by molar-refractivity contribution is -0.142. The number of methoxy groups -OCH3 is 2. The molecule has 0 spiro atoms. The van der Waals surface area contributed by atoms with Gasteiger partial charge in [-0.15, -0.1) is 0 Å². The molecule has 0 saturated carbocycles. The number of halogens is 2. The molecule has 2 aromatic carbocycles. The summed E-state index contributed by atoms with van der Waals surface area (Å²) in [7, 11) is 2.87. The van der Waals surface area contributed by atoms with Crippen LogP contribution in [-0.4, -0.2) is 45.0 Å². The Morgan fingerprint density at radius 2 is 1.69 bits per heavy atom. The number of benzene rings is 2. The van der Waals surface area contributed by atoms with E-state index in [4.69, 9.17) is 14.2 Å². The van der Waals surface area contributed by atoms with Gasteiger partial charge in [-0.05, 0) is 24.3 Å². The first-order chi connectivity index (χ1) is 13.8. The second-order valence-electron chi connectivity index (χ2n) is 5.78. The molecule has 0 aromatic heterocycles. The predicted octanol–water partition coefficient (Wildman–Crippen LogP) is 2.53. The van der Waals surface area contributed by atoms with Crippen molar-refractivity contribution in [2.45, 2.75) is 6.42 Å². The number of esters is 1. The number of amides is 1. The molecule has 7 nitrogen and oxygen atoms in total. The fourth-order valence-electron chi connectivity index (χ4n) is 2.37. The van der Waals surface area contributed by atoms with Crippen molar-refractivity contribution in [3.63, 3.8) is 0 Å². The molecule has 1 N–H and O–H groups in total. The van der Waals surface area contributed by atoms with E-state index in [1.54, 1.807) is 6.07 Å². The van der Waals surface area contributed by atoms with Crippen molar-refractivity contribution in [2.75, 3.05) is 27.4 Å². The Morgan fingerprint density at radius 1 is 0.966 bits per heavy atom. The summed E-state index contributed by atoms with van der Waals surface area (Å²) in [4.78, 5) is 35.8. The first-order valence-corrected chi connectivity index (χ1v) is 8.49. The van der Waals surface area contributed by atoms with Gasteiger partial charge in [-0.1, -0.05) is 0 Å². The third-order valence-electron chi connectivity index (χ3n) is 3.86. The van der Waals surface area contributed by atoms with Crippen LogP contribution in [0.25, 0.3) is 0 Å². The number of carbonyl (C=O) groups is 3. The van der Waals surface area contributed by atoms with E-state index in [2.05, 4.69) is 5.32 Å². The fourth-order valence-corrected chi connectivity index (χ4v) is 2.37. The molecule has 29 heavy (non-hydrogen) atoms. The fraction of sp³-hybridized carbons (Fsp3) is 0.250. The van der Waals surface area contributed by atoms with Crippen LogP contribution in [0.3, 0.4) is 0 Å². The summed E-state index contributed by atoms with van der Waals surface area (Å²) in [5, 5.41) is 2.32. The van der Waals surface area contributed by atoms with E-state index in [0.717, 1.165) is 12.1 Å². The lowest BCUT2D eigenvalue weighted by atomic mass is 10.1. The lowest BCUT2D eigenvalue weighted by Crippen LogP contribution is -2.27. The van der Waals surface area contributed by atoms with E-state index in [9.17, 15) is 23.2 Å². The van der Waals surface area contributed by atoms with Gasteiger partial charge >= 0.3 is 5.97 Å². The minimum absolute atomic E-state index is 0.144. The molecule has 0 bridgehead atoms. The summed E-state index contributed by atoms with van der Waals surface area (Å²) in [5.74, 6) is -3.04. The van der Waals surface area contributed by atoms with Gasteiger partial charge in [0.1, 0.15) is 23.1 Å². The number of hydrogen-bond acceptors (Lipinski definition) is 6. The topological polar surface area (TPSA) is 90.9 Å². The first kappa shape index (κ1) is 21.8. The maximum Gasteiger partial charge on any atom is 0.308 e. The van der Waals surface area contributed by atoms with Gasteiger partial charge in [0.05, 0.1) is 31.8 Å². The zero-order valence-electron chi connectivity index (χ0n) is 15.8. The van der Waals surface area contributed by atoms with Gasteiger partial charge in [0.2, 0.25) is 5.78 Å². The summed E-state index contributed by atoms with van der Waals surface area (Å²) >= 11 is 0. The minimum atomic E-state index is -1.01. The van der Waals surface area contributed by atoms with Crippen LogP contribution in [0.2, 0.25) is 0 Å². The molecule has 1 amide bonds. The van der Waals surface area contributed by atoms with Crippen LogP contribution < -0.4 is 14.8 Å². The van der Waals surface area contributed by atoms with Crippen molar-refractivity contribution < 1.29 is 37.4 Å². The van der Waals surface area contributed by atoms with E-state index in [1.165, 1.54) is 26.4 Å².